The number of halogens is 1. The maximum atomic E-state index is 13.5. The Morgan fingerprint density at radius 1 is 0.971 bits per heavy atom. The van der Waals surface area contributed by atoms with Crippen molar-refractivity contribution < 1.29 is 30.8 Å². The Labute approximate surface area is 204 Å². The van der Waals surface area contributed by atoms with Crippen molar-refractivity contribution in [3.63, 3.8) is 0 Å². The van der Waals surface area contributed by atoms with Crippen LogP contribution in [0.4, 0.5) is 5.69 Å². The Morgan fingerprint density at radius 3 is 2.15 bits per heavy atom. The summed E-state index contributed by atoms with van der Waals surface area (Å²) in [6, 6.07) is 12.6. The van der Waals surface area contributed by atoms with Crippen molar-refractivity contribution in [2.45, 2.75) is 28.8 Å². The Kier molecular flexibility index (Phi) is 6.48. The molecule has 0 saturated carbocycles. The monoisotopic (exact) mass is 567 g/mol. The molecule has 1 atom stereocenters. The van der Waals surface area contributed by atoms with Crippen LogP contribution in [0.5, 0.6) is 0 Å². The first kappa shape index (κ1) is 24.3. The molecule has 0 spiro atoms. The van der Waals surface area contributed by atoms with Gasteiger partial charge in [-0.05, 0) is 60.7 Å². The summed E-state index contributed by atoms with van der Waals surface area (Å²) in [5, 5.41) is 5.09. The zero-order valence-corrected chi connectivity index (χ0v) is 20.6. The SMILES string of the molecule is NS(=O)(=O)c1ccc(N2C(=O)CC(N(Cc3ccco3)S(=O)(=O)c3ccc(Br)cc3)C2=O)cc1. The molecule has 1 aliphatic heterocycles. The largest absolute Gasteiger partial charge is 0.468 e. The van der Waals surface area contributed by atoms with Crippen LogP contribution in [0.25, 0.3) is 0 Å². The fraction of sp³-hybridized carbons (Fsp3) is 0.143. The van der Waals surface area contributed by atoms with Crippen LogP contribution in [-0.4, -0.2) is 39.0 Å². The molecule has 34 heavy (non-hydrogen) atoms. The van der Waals surface area contributed by atoms with Gasteiger partial charge in [0, 0.05) is 4.47 Å². The number of sulfonamides is 2. The van der Waals surface area contributed by atoms with E-state index in [1.54, 1.807) is 24.3 Å². The van der Waals surface area contributed by atoms with Crippen molar-refractivity contribution in [1.82, 2.24) is 4.31 Å². The summed E-state index contributed by atoms with van der Waals surface area (Å²) in [7, 11) is -8.17. The number of nitrogens with two attached hydrogens (primary N) is 1. The van der Waals surface area contributed by atoms with Gasteiger partial charge in [-0.2, -0.15) is 4.31 Å². The molecule has 13 heteroatoms. The number of amides is 2. The van der Waals surface area contributed by atoms with Crippen LogP contribution in [0.1, 0.15) is 12.2 Å². The van der Waals surface area contributed by atoms with E-state index < -0.39 is 44.3 Å². The first-order valence-electron chi connectivity index (χ1n) is 9.78. The summed E-state index contributed by atoms with van der Waals surface area (Å²) < 4.78 is 56.9. The van der Waals surface area contributed by atoms with Crippen LogP contribution >= 0.6 is 15.9 Å². The van der Waals surface area contributed by atoms with Crippen LogP contribution in [0, 0.1) is 0 Å². The van der Waals surface area contributed by atoms with E-state index in [1.807, 2.05) is 0 Å². The third-order valence-corrected chi connectivity index (χ3v) is 8.53. The lowest BCUT2D eigenvalue weighted by atomic mass is 10.2. The molecule has 0 radical (unpaired) electrons. The summed E-state index contributed by atoms with van der Waals surface area (Å²) in [6.07, 6.45) is 0.979. The fourth-order valence-corrected chi connectivity index (χ4v) is 5.89. The number of hydrogen-bond donors (Lipinski definition) is 1. The van der Waals surface area contributed by atoms with E-state index in [0.29, 0.717) is 4.47 Å². The average Bonchev–Trinajstić information content (AvgIpc) is 3.39. The number of nitrogens with zero attached hydrogens (tertiary/aromatic N) is 2. The lowest BCUT2D eigenvalue weighted by Crippen LogP contribution is -2.45. The van der Waals surface area contributed by atoms with Gasteiger partial charge in [-0.1, -0.05) is 15.9 Å². The molecule has 178 valence electrons. The molecule has 0 bridgehead atoms. The number of primary sulfonamides is 1. The molecule has 1 fully saturated rings. The van der Waals surface area contributed by atoms with E-state index in [0.717, 1.165) is 21.3 Å². The second-order valence-corrected chi connectivity index (χ2v) is 11.8. The molecule has 4 rings (SSSR count). The first-order chi connectivity index (χ1) is 16.0. The van der Waals surface area contributed by atoms with Crippen molar-refractivity contribution in [2.75, 3.05) is 4.90 Å². The number of carbonyl (C=O) groups is 2. The molecule has 1 unspecified atom stereocenters. The highest BCUT2D eigenvalue weighted by molar-refractivity contribution is 9.10. The van der Waals surface area contributed by atoms with Crippen molar-refractivity contribution in [2.24, 2.45) is 5.14 Å². The molecule has 10 nitrogen and oxygen atoms in total. The molecular weight excluding hydrogens is 550 g/mol. The van der Waals surface area contributed by atoms with Gasteiger partial charge < -0.3 is 4.42 Å². The van der Waals surface area contributed by atoms with Gasteiger partial charge in [0.05, 0.1) is 34.7 Å². The predicted octanol–water partition coefficient (Wildman–Crippen LogP) is 2.21. The van der Waals surface area contributed by atoms with Gasteiger partial charge >= 0.3 is 0 Å². The van der Waals surface area contributed by atoms with Crippen molar-refractivity contribution in [1.29, 1.82) is 0 Å². The standard InChI is InChI=1S/C21H18BrN3O7S2/c22-14-3-7-18(8-4-14)34(30,31)24(13-16-2-1-11-32-16)19-12-20(26)25(21(19)27)15-5-9-17(10-6-15)33(23,28)29/h1-11,19H,12-13H2,(H2,23,28,29). The molecule has 0 aliphatic carbocycles. The summed E-state index contributed by atoms with van der Waals surface area (Å²) >= 11 is 3.26. The van der Waals surface area contributed by atoms with Crippen LogP contribution in [0.15, 0.2) is 85.6 Å². The minimum atomic E-state index is -4.21. The van der Waals surface area contributed by atoms with Gasteiger partial charge in [0.25, 0.3) is 5.91 Å². The summed E-state index contributed by atoms with van der Waals surface area (Å²) in [5.41, 5.74) is 0.101. The topological polar surface area (TPSA) is 148 Å². The van der Waals surface area contributed by atoms with Gasteiger partial charge in [0.15, 0.2) is 0 Å². The highest BCUT2D eigenvalue weighted by Gasteiger charge is 2.47. The number of rotatable bonds is 7. The zero-order chi connectivity index (χ0) is 24.7. The second kappa shape index (κ2) is 9.07. The zero-order valence-electron chi connectivity index (χ0n) is 17.4. The van der Waals surface area contributed by atoms with E-state index in [9.17, 15) is 26.4 Å². The van der Waals surface area contributed by atoms with Crippen LogP contribution in [0.2, 0.25) is 0 Å². The maximum absolute atomic E-state index is 13.5. The molecule has 1 saturated heterocycles. The smallest absolute Gasteiger partial charge is 0.252 e. The van der Waals surface area contributed by atoms with Crippen LogP contribution < -0.4 is 10.0 Å². The van der Waals surface area contributed by atoms with Crippen molar-refractivity contribution >= 4 is 53.5 Å². The third kappa shape index (κ3) is 4.70. The van der Waals surface area contributed by atoms with E-state index in [1.165, 1.54) is 30.5 Å². The number of anilines is 1. The number of imide groups is 1. The highest BCUT2D eigenvalue weighted by Crippen LogP contribution is 2.31. The second-order valence-electron chi connectivity index (χ2n) is 7.41. The average molecular weight is 568 g/mol. The Hall–Kier alpha value is -2.84. The molecule has 2 aromatic carbocycles. The van der Waals surface area contributed by atoms with E-state index >= 15 is 0 Å². The Bertz CT molecular complexity index is 1440. The number of furan rings is 1. The van der Waals surface area contributed by atoms with Gasteiger partial charge in [0.2, 0.25) is 26.0 Å². The Balaban J connectivity index is 1.71. The molecular formula is C21H18BrN3O7S2. The molecule has 3 aromatic rings. The van der Waals surface area contributed by atoms with Crippen molar-refractivity contribution in [3.05, 3.63) is 77.2 Å². The molecule has 2 heterocycles. The summed E-state index contributed by atoms with van der Waals surface area (Å²) in [4.78, 5) is 26.7. The lowest BCUT2D eigenvalue weighted by molar-refractivity contribution is -0.122. The van der Waals surface area contributed by atoms with Gasteiger partial charge in [0.1, 0.15) is 11.8 Å². The van der Waals surface area contributed by atoms with Gasteiger partial charge in [-0.25, -0.2) is 26.9 Å². The van der Waals surface area contributed by atoms with E-state index in [2.05, 4.69) is 15.9 Å². The summed E-state index contributed by atoms with van der Waals surface area (Å²) in [5.74, 6) is -1.11. The maximum Gasteiger partial charge on any atom is 0.252 e. The van der Waals surface area contributed by atoms with Crippen LogP contribution in [-0.2, 0) is 36.2 Å². The number of benzene rings is 2. The minimum Gasteiger partial charge on any atom is -0.468 e. The molecule has 1 aliphatic rings. The summed E-state index contributed by atoms with van der Waals surface area (Å²) in [6.45, 7) is -0.271. The van der Waals surface area contributed by atoms with E-state index in [-0.39, 0.29) is 27.8 Å². The normalized spacial score (nSPS) is 17.0. The van der Waals surface area contributed by atoms with Gasteiger partial charge in [-0.15, -0.1) is 0 Å². The number of hydrogen-bond acceptors (Lipinski definition) is 7. The van der Waals surface area contributed by atoms with Crippen LogP contribution in [0.3, 0.4) is 0 Å². The highest BCUT2D eigenvalue weighted by atomic mass is 79.9. The quantitative estimate of drug-likeness (QED) is 0.430. The van der Waals surface area contributed by atoms with Crippen molar-refractivity contribution in [3.8, 4) is 0 Å². The lowest BCUT2D eigenvalue weighted by Gasteiger charge is -2.26. The molecule has 1 aromatic heterocycles. The van der Waals surface area contributed by atoms with E-state index in [4.69, 9.17) is 9.56 Å². The Morgan fingerprint density at radius 2 is 1.59 bits per heavy atom. The predicted molar refractivity (Wildman–Crippen MR) is 124 cm³/mol. The third-order valence-electron chi connectivity index (χ3n) is 5.21. The minimum absolute atomic E-state index is 0.0570. The molecule has 2 amide bonds. The fourth-order valence-electron chi connectivity index (χ4n) is 3.56. The molecule has 2 N–H and O–H groups in total. The first-order valence-corrected chi connectivity index (χ1v) is 13.6. The number of carbonyl (C=O) groups excluding carboxylic acids is 2. The van der Waals surface area contributed by atoms with Gasteiger partial charge in [-0.3, -0.25) is 9.59 Å².